The third-order valence-corrected chi connectivity index (χ3v) is 3.50. The van der Waals surface area contributed by atoms with Crippen molar-refractivity contribution < 1.29 is 9.53 Å². The second-order valence-electron chi connectivity index (χ2n) is 5.20. The van der Waals surface area contributed by atoms with E-state index in [1.807, 2.05) is 74.5 Å². The first-order valence-electron chi connectivity index (χ1n) is 7.96. The lowest BCUT2D eigenvalue weighted by molar-refractivity contribution is -0.116. The van der Waals surface area contributed by atoms with Gasteiger partial charge in [-0.25, -0.2) is 0 Å². The summed E-state index contributed by atoms with van der Waals surface area (Å²) in [6.45, 7) is 4.55. The van der Waals surface area contributed by atoms with Gasteiger partial charge in [-0.1, -0.05) is 30.3 Å². The molecule has 0 atom stereocenters. The van der Waals surface area contributed by atoms with Crippen LogP contribution >= 0.6 is 0 Å². The molecule has 2 rings (SSSR count). The number of anilines is 1. The molecule has 0 unspecified atom stereocenters. The second-order valence-corrected chi connectivity index (χ2v) is 5.20. The number of aryl methyl sites for hydroxylation is 1. The van der Waals surface area contributed by atoms with Crippen LogP contribution in [0.1, 0.15) is 31.4 Å². The molecular weight excluding hydrogens is 286 g/mol. The van der Waals surface area contributed by atoms with E-state index >= 15 is 0 Å². The molecule has 2 aromatic rings. The smallest absolute Gasteiger partial charge is 0.224 e. The van der Waals surface area contributed by atoms with Crippen molar-refractivity contribution in [3.05, 3.63) is 71.8 Å². The lowest BCUT2D eigenvalue weighted by Gasteiger charge is -2.10. The van der Waals surface area contributed by atoms with Crippen LogP contribution in [0.15, 0.2) is 60.7 Å². The molecule has 0 heterocycles. The summed E-state index contributed by atoms with van der Waals surface area (Å²) >= 11 is 0. The Morgan fingerprint density at radius 2 is 1.78 bits per heavy atom. The van der Waals surface area contributed by atoms with Gasteiger partial charge < -0.3 is 10.1 Å². The van der Waals surface area contributed by atoms with Crippen molar-refractivity contribution in [1.82, 2.24) is 0 Å². The molecule has 0 radical (unpaired) electrons. The summed E-state index contributed by atoms with van der Waals surface area (Å²) in [6.07, 6.45) is 3.17. The number of allylic oxidation sites excluding steroid dienone is 1. The molecule has 120 valence electrons. The van der Waals surface area contributed by atoms with E-state index in [4.69, 9.17) is 4.74 Å². The topological polar surface area (TPSA) is 38.3 Å². The normalized spacial score (nSPS) is 11.1. The Bertz CT molecular complexity index is 645. The largest absolute Gasteiger partial charge is 0.494 e. The number of carbonyl (C=O) groups is 1. The van der Waals surface area contributed by atoms with Crippen LogP contribution in [0.25, 0.3) is 5.76 Å². The van der Waals surface area contributed by atoms with Crippen LogP contribution in [0.5, 0.6) is 0 Å². The van der Waals surface area contributed by atoms with Crippen molar-refractivity contribution in [3.8, 4) is 0 Å². The third kappa shape index (κ3) is 5.29. The maximum absolute atomic E-state index is 12.0. The highest BCUT2D eigenvalue weighted by molar-refractivity contribution is 5.91. The summed E-state index contributed by atoms with van der Waals surface area (Å²) in [5.74, 6) is 0.882. The predicted octanol–water partition coefficient (Wildman–Crippen LogP) is 4.66. The molecule has 2 aromatic carbocycles. The molecule has 0 aliphatic rings. The minimum atomic E-state index is 0.0256. The molecule has 1 N–H and O–H groups in total. The molecule has 0 bridgehead atoms. The lowest BCUT2D eigenvalue weighted by Crippen LogP contribution is -2.12. The van der Waals surface area contributed by atoms with Crippen LogP contribution in [0.4, 0.5) is 5.69 Å². The molecule has 0 saturated carbocycles. The van der Waals surface area contributed by atoms with Gasteiger partial charge in [0, 0.05) is 17.7 Å². The minimum absolute atomic E-state index is 0.0256. The highest BCUT2D eigenvalue weighted by Gasteiger charge is 2.05. The van der Waals surface area contributed by atoms with Crippen LogP contribution in [0.2, 0.25) is 0 Å². The fourth-order valence-electron chi connectivity index (χ4n) is 2.33. The molecule has 0 aromatic heterocycles. The molecule has 23 heavy (non-hydrogen) atoms. The van der Waals surface area contributed by atoms with E-state index in [0.29, 0.717) is 13.0 Å². The zero-order chi connectivity index (χ0) is 16.5. The Labute approximate surface area is 138 Å². The number of carbonyl (C=O) groups excluding carboxylic acids is 1. The third-order valence-electron chi connectivity index (χ3n) is 3.50. The van der Waals surface area contributed by atoms with E-state index in [1.54, 1.807) is 0 Å². The molecule has 0 aliphatic carbocycles. The number of rotatable bonds is 7. The predicted molar refractivity (Wildman–Crippen MR) is 95.1 cm³/mol. The number of ether oxygens (including phenoxy) is 1. The summed E-state index contributed by atoms with van der Waals surface area (Å²) in [4.78, 5) is 12.0. The second kappa shape index (κ2) is 8.79. The molecule has 0 spiro atoms. The van der Waals surface area contributed by atoms with Crippen LogP contribution in [0, 0.1) is 0 Å². The maximum atomic E-state index is 12.0. The fraction of sp³-hybridized carbons (Fsp3) is 0.250. The molecule has 3 heteroatoms. The van der Waals surface area contributed by atoms with Crippen molar-refractivity contribution >= 4 is 17.4 Å². The first kappa shape index (κ1) is 16.8. The van der Waals surface area contributed by atoms with E-state index in [0.717, 1.165) is 23.4 Å². The Kier molecular flexibility index (Phi) is 6.42. The van der Waals surface area contributed by atoms with Crippen LogP contribution in [-0.2, 0) is 16.0 Å². The van der Waals surface area contributed by atoms with E-state index in [9.17, 15) is 4.79 Å². The van der Waals surface area contributed by atoms with E-state index in [1.165, 1.54) is 5.56 Å². The number of amides is 1. The van der Waals surface area contributed by atoms with Crippen molar-refractivity contribution in [1.29, 1.82) is 0 Å². The zero-order valence-corrected chi connectivity index (χ0v) is 13.7. The molecule has 0 fully saturated rings. The first-order valence-corrected chi connectivity index (χ1v) is 7.96. The monoisotopic (exact) mass is 309 g/mol. The first-order chi connectivity index (χ1) is 11.2. The van der Waals surface area contributed by atoms with Crippen LogP contribution in [-0.4, -0.2) is 12.5 Å². The lowest BCUT2D eigenvalue weighted by atomic mass is 10.1. The van der Waals surface area contributed by atoms with E-state index < -0.39 is 0 Å². The van der Waals surface area contributed by atoms with Crippen molar-refractivity contribution in [3.63, 3.8) is 0 Å². The van der Waals surface area contributed by atoms with Gasteiger partial charge in [0.05, 0.1) is 6.61 Å². The Balaban J connectivity index is 1.89. The van der Waals surface area contributed by atoms with Gasteiger partial charge in [-0.2, -0.15) is 0 Å². The standard InChI is InChI=1S/C20H23NO2/c1-3-19(23-4-2)17-11-13-18(14-12-17)21-20(22)15-10-16-8-6-5-7-9-16/h3,5-9,11-14H,4,10,15H2,1-2H3,(H,21,22)/b19-3-. The summed E-state index contributed by atoms with van der Waals surface area (Å²) in [5, 5.41) is 2.93. The van der Waals surface area contributed by atoms with Gasteiger partial charge in [-0.05, 0) is 56.2 Å². The molecule has 3 nitrogen and oxygen atoms in total. The zero-order valence-electron chi connectivity index (χ0n) is 13.7. The summed E-state index contributed by atoms with van der Waals surface area (Å²) in [6, 6.07) is 17.7. The number of hydrogen-bond donors (Lipinski definition) is 1. The van der Waals surface area contributed by atoms with Gasteiger partial charge in [0.25, 0.3) is 0 Å². The summed E-state index contributed by atoms with van der Waals surface area (Å²) in [5.41, 5.74) is 2.99. The van der Waals surface area contributed by atoms with Crippen molar-refractivity contribution in [2.45, 2.75) is 26.7 Å². The van der Waals surface area contributed by atoms with Gasteiger partial charge in [0.1, 0.15) is 5.76 Å². The van der Waals surface area contributed by atoms with Gasteiger partial charge in [0.2, 0.25) is 5.91 Å². The number of nitrogens with one attached hydrogen (secondary N) is 1. The average molecular weight is 309 g/mol. The van der Waals surface area contributed by atoms with Gasteiger partial charge in [-0.3, -0.25) is 4.79 Å². The van der Waals surface area contributed by atoms with Crippen molar-refractivity contribution in [2.24, 2.45) is 0 Å². The summed E-state index contributed by atoms with van der Waals surface area (Å²) < 4.78 is 5.56. The van der Waals surface area contributed by atoms with Gasteiger partial charge in [0.15, 0.2) is 0 Å². The number of hydrogen-bond acceptors (Lipinski definition) is 2. The molecule has 0 aliphatic heterocycles. The molecular formula is C20H23NO2. The molecule has 1 amide bonds. The fourth-order valence-corrected chi connectivity index (χ4v) is 2.33. The minimum Gasteiger partial charge on any atom is -0.494 e. The van der Waals surface area contributed by atoms with Crippen LogP contribution in [0.3, 0.4) is 0 Å². The van der Waals surface area contributed by atoms with E-state index in [-0.39, 0.29) is 5.91 Å². The molecule has 0 saturated heterocycles. The van der Waals surface area contributed by atoms with Gasteiger partial charge in [-0.15, -0.1) is 0 Å². The highest BCUT2D eigenvalue weighted by Crippen LogP contribution is 2.18. The Morgan fingerprint density at radius 1 is 1.09 bits per heavy atom. The SMILES string of the molecule is C/C=C(\OCC)c1ccc(NC(=O)CCc2ccccc2)cc1. The maximum Gasteiger partial charge on any atom is 0.224 e. The Morgan fingerprint density at radius 3 is 2.39 bits per heavy atom. The van der Waals surface area contributed by atoms with E-state index in [2.05, 4.69) is 5.32 Å². The highest BCUT2D eigenvalue weighted by atomic mass is 16.5. The van der Waals surface area contributed by atoms with Gasteiger partial charge >= 0.3 is 0 Å². The average Bonchev–Trinajstić information content (AvgIpc) is 2.60. The van der Waals surface area contributed by atoms with Crippen molar-refractivity contribution in [2.75, 3.05) is 11.9 Å². The Hall–Kier alpha value is -2.55. The van der Waals surface area contributed by atoms with Crippen LogP contribution < -0.4 is 5.32 Å². The number of benzene rings is 2. The quantitative estimate of drug-likeness (QED) is 0.756. The summed E-state index contributed by atoms with van der Waals surface area (Å²) in [7, 11) is 0.